The molecule has 0 aliphatic carbocycles. The molecule has 0 aromatic carbocycles. The van der Waals surface area contributed by atoms with Gasteiger partial charge in [-0.1, -0.05) is 6.08 Å². The van der Waals surface area contributed by atoms with Crippen LogP contribution >= 0.6 is 0 Å². The van der Waals surface area contributed by atoms with E-state index in [4.69, 9.17) is 21.3 Å². The van der Waals surface area contributed by atoms with E-state index in [0.717, 1.165) is 0 Å². The van der Waals surface area contributed by atoms with E-state index in [2.05, 4.69) is 15.0 Å². The van der Waals surface area contributed by atoms with E-state index in [1.165, 1.54) is 17.2 Å². The van der Waals surface area contributed by atoms with Crippen LogP contribution < -0.4 is 11.5 Å². The molecule has 1 aliphatic rings. The zero-order valence-electron chi connectivity index (χ0n) is 16.5. The van der Waals surface area contributed by atoms with Crippen molar-refractivity contribution in [2.45, 2.75) is 43.9 Å². The molecule has 2 unspecified atom stereocenters. The average molecular weight is 440 g/mol. The van der Waals surface area contributed by atoms with E-state index >= 15 is 0 Å². The first-order chi connectivity index (χ1) is 14.3. The largest absolute Gasteiger partial charge is 0.480 e. The van der Waals surface area contributed by atoms with E-state index in [9.17, 15) is 15.0 Å². The number of allylic oxidation sites excluding steroid dienone is 1. The van der Waals surface area contributed by atoms with Crippen molar-refractivity contribution >= 4 is 33.8 Å². The van der Waals surface area contributed by atoms with Gasteiger partial charge in [0, 0.05) is 6.42 Å². The number of fused-ring (bicyclic) bond motifs is 1. The summed E-state index contributed by atoms with van der Waals surface area (Å²) < 4.78 is 7.53. The van der Waals surface area contributed by atoms with E-state index < -0.39 is 36.6 Å². The van der Waals surface area contributed by atoms with Gasteiger partial charge in [-0.3, -0.25) is 9.36 Å². The first-order valence-corrected chi connectivity index (χ1v) is 11.2. The number of carboxylic acid groups (broad SMARTS) is 1. The van der Waals surface area contributed by atoms with Crippen LogP contribution in [0.25, 0.3) is 11.2 Å². The van der Waals surface area contributed by atoms with Crippen molar-refractivity contribution in [3.05, 3.63) is 24.8 Å². The Bertz CT molecular complexity index is 908. The van der Waals surface area contributed by atoms with Crippen LogP contribution in [0.15, 0.2) is 24.8 Å². The third kappa shape index (κ3) is 4.73. The lowest BCUT2D eigenvalue weighted by Crippen LogP contribution is -2.38. The summed E-state index contributed by atoms with van der Waals surface area (Å²) in [5.74, 6) is 0.947. The minimum absolute atomic E-state index is 0.214. The molecule has 11 nitrogen and oxygen atoms in total. The lowest BCUT2D eigenvalue weighted by Gasteiger charge is -2.17. The summed E-state index contributed by atoms with van der Waals surface area (Å²) in [4.78, 5) is 23.2. The van der Waals surface area contributed by atoms with Gasteiger partial charge in [0.2, 0.25) is 0 Å². The summed E-state index contributed by atoms with van der Waals surface area (Å²) in [6, 6.07) is -0.930. The van der Waals surface area contributed by atoms with E-state index in [-0.39, 0.29) is 16.7 Å². The maximum absolute atomic E-state index is 11.0. The number of aliphatic hydroxyl groups is 2. The maximum atomic E-state index is 11.0. The number of hydrogen-bond acceptors (Lipinski definition) is 9. The Hall–Kier alpha value is -2.25. The fraction of sp³-hybridized carbons (Fsp3) is 0.556. The molecule has 0 saturated carbocycles. The minimum atomic E-state index is -1.18. The standard InChI is InChI=1S/C18H26N6O5S/c1-2-3-5-30(6-4-10(19)18(27)28)7-11-13(25)14(26)17(29-11)24-9-23-12-15(20)21-8-22-16(12)24/h2-3,8-11,13-14,17,25-26H,4-7,19H2,1H3,(H2-,20,21,22,27,28)/p+1/b3-2+/t10-,11+,13?,14-,17+,30?/m0/s1. The first kappa shape index (κ1) is 22.4. The summed E-state index contributed by atoms with van der Waals surface area (Å²) in [5, 5.41) is 30.2. The van der Waals surface area contributed by atoms with Crippen LogP contribution in [0.1, 0.15) is 19.6 Å². The summed E-state index contributed by atoms with van der Waals surface area (Å²) in [6.07, 6.45) is 3.19. The predicted octanol–water partition coefficient (Wildman–Crippen LogP) is -0.976. The molecule has 30 heavy (non-hydrogen) atoms. The number of carbonyl (C=O) groups is 1. The molecule has 7 N–H and O–H groups in total. The van der Waals surface area contributed by atoms with Crippen LogP contribution in [0.5, 0.6) is 0 Å². The number of nitrogen functional groups attached to an aromatic ring is 1. The van der Waals surface area contributed by atoms with Crippen LogP contribution in [0.2, 0.25) is 0 Å². The number of nitrogens with zero attached hydrogens (tertiary/aromatic N) is 4. The second-order valence-corrected chi connectivity index (χ2v) is 9.38. The van der Waals surface area contributed by atoms with Crippen LogP contribution in [0, 0.1) is 0 Å². The molecular formula is C18H27N6O5S+. The number of aliphatic carboxylic acids is 1. The molecule has 0 spiro atoms. The molecule has 2 aromatic rings. The molecule has 0 radical (unpaired) electrons. The normalized spacial score (nSPS) is 26.4. The van der Waals surface area contributed by atoms with Crippen molar-refractivity contribution in [3.8, 4) is 0 Å². The van der Waals surface area contributed by atoms with E-state index in [1.807, 2.05) is 19.1 Å². The zero-order valence-corrected chi connectivity index (χ0v) is 17.4. The Morgan fingerprint density at radius 2 is 2.13 bits per heavy atom. The van der Waals surface area contributed by atoms with Gasteiger partial charge >= 0.3 is 5.97 Å². The molecule has 3 heterocycles. The summed E-state index contributed by atoms with van der Waals surface area (Å²) in [7, 11) is -0.276. The molecule has 0 amide bonds. The monoisotopic (exact) mass is 439 g/mol. The number of aromatic nitrogens is 4. The number of ether oxygens (including phenoxy) is 1. The van der Waals surface area contributed by atoms with Gasteiger partial charge in [-0.25, -0.2) is 15.0 Å². The molecule has 0 bridgehead atoms. The van der Waals surface area contributed by atoms with Crippen LogP contribution in [-0.4, -0.2) is 82.4 Å². The Morgan fingerprint density at radius 1 is 1.37 bits per heavy atom. The molecule has 1 fully saturated rings. The Morgan fingerprint density at radius 3 is 2.83 bits per heavy atom. The van der Waals surface area contributed by atoms with Gasteiger partial charge in [-0.15, -0.1) is 0 Å². The van der Waals surface area contributed by atoms with Gasteiger partial charge in [-0.05, 0) is 23.9 Å². The van der Waals surface area contributed by atoms with Crippen LogP contribution in [0.4, 0.5) is 5.82 Å². The van der Waals surface area contributed by atoms with Crippen LogP contribution in [-0.2, 0) is 20.4 Å². The van der Waals surface area contributed by atoms with Crippen molar-refractivity contribution in [1.82, 2.24) is 19.5 Å². The molecule has 164 valence electrons. The number of aliphatic hydroxyl groups excluding tert-OH is 2. The lowest BCUT2D eigenvalue weighted by atomic mass is 10.1. The van der Waals surface area contributed by atoms with Crippen molar-refractivity contribution in [2.75, 3.05) is 23.0 Å². The summed E-state index contributed by atoms with van der Waals surface area (Å²) in [5.41, 5.74) is 12.2. The lowest BCUT2D eigenvalue weighted by molar-refractivity contribution is -0.138. The molecular weight excluding hydrogens is 412 g/mol. The van der Waals surface area contributed by atoms with E-state index in [1.54, 1.807) is 0 Å². The Balaban J connectivity index is 1.73. The van der Waals surface area contributed by atoms with Crippen molar-refractivity contribution in [1.29, 1.82) is 0 Å². The maximum Gasteiger partial charge on any atom is 0.320 e. The topological polar surface area (TPSA) is 183 Å². The molecule has 6 atom stereocenters. The minimum Gasteiger partial charge on any atom is -0.480 e. The smallest absolute Gasteiger partial charge is 0.320 e. The van der Waals surface area contributed by atoms with Gasteiger partial charge in [-0.2, -0.15) is 0 Å². The SMILES string of the molecule is C/C=C/C[S+](CC[C@H](N)C(=O)O)C[C@H]1O[C@@H](n2cnc3c(N)ncnc32)[C@@H](O)C1O. The van der Waals surface area contributed by atoms with Crippen LogP contribution in [0.3, 0.4) is 0 Å². The number of anilines is 1. The third-order valence-corrected chi connectivity index (χ3v) is 7.28. The number of carboxylic acids is 1. The van der Waals surface area contributed by atoms with Gasteiger partial charge in [0.05, 0.1) is 6.33 Å². The fourth-order valence-electron chi connectivity index (χ4n) is 3.27. The highest BCUT2D eigenvalue weighted by molar-refractivity contribution is 7.97. The first-order valence-electron chi connectivity index (χ1n) is 9.51. The quantitative estimate of drug-likeness (QED) is 0.240. The number of imidazole rings is 1. The molecule has 3 rings (SSSR count). The van der Waals surface area contributed by atoms with Gasteiger partial charge in [0.25, 0.3) is 0 Å². The number of rotatable bonds is 9. The molecule has 12 heteroatoms. The second-order valence-electron chi connectivity index (χ2n) is 7.08. The highest BCUT2D eigenvalue weighted by atomic mass is 32.2. The van der Waals surface area contributed by atoms with Crippen molar-refractivity contribution in [3.63, 3.8) is 0 Å². The van der Waals surface area contributed by atoms with Gasteiger partial charge < -0.3 is 31.5 Å². The predicted molar refractivity (Wildman–Crippen MR) is 113 cm³/mol. The number of hydrogen-bond donors (Lipinski definition) is 5. The summed E-state index contributed by atoms with van der Waals surface area (Å²) in [6.45, 7) is 1.91. The van der Waals surface area contributed by atoms with E-state index in [0.29, 0.717) is 34.8 Å². The average Bonchev–Trinajstić information content (AvgIpc) is 3.26. The Kier molecular flexibility index (Phi) is 7.26. The van der Waals surface area contributed by atoms with Crippen molar-refractivity contribution in [2.24, 2.45) is 5.73 Å². The molecule has 2 aromatic heterocycles. The molecule has 1 aliphatic heterocycles. The molecule has 1 saturated heterocycles. The second kappa shape index (κ2) is 9.71. The van der Waals surface area contributed by atoms with Gasteiger partial charge in [0.15, 0.2) is 17.7 Å². The Labute approximate surface area is 176 Å². The van der Waals surface area contributed by atoms with Crippen molar-refractivity contribution < 1.29 is 24.9 Å². The third-order valence-electron chi connectivity index (χ3n) is 5.00. The summed E-state index contributed by atoms with van der Waals surface area (Å²) >= 11 is 0. The highest BCUT2D eigenvalue weighted by Gasteiger charge is 2.47. The number of nitrogens with two attached hydrogens (primary N) is 2. The fourth-order valence-corrected chi connectivity index (χ4v) is 5.53. The zero-order chi connectivity index (χ0) is 21.8. The highest BCUT2D eigenvalue weighted by Crippen LogP contribution is 2.33. The van der Waals surface area contributed by atoms with Gasteiger partial charge in [0.1, 0.15) is 53.5 Å².